The number of rotatable bonds is 4. The number of thioether (sulfide) groups is 1. The summed E-state index contributed by atoms with van der Waals surface area (Å²) in [6, 6.07) is 0.736. The van der Waals surface area contributed by atoms with Gasteiger partial charge in [0.1, 0.15) is 5.01 Å². The number of nitrogens with zero attached hydrogens (tertiary/aromatic N) is 2. The van der Waals surface area contributed by atoms with Crippen LogP contribution in [0, 0.1) is 6.92 Å². The van der Waals surface area contributed by atoms with Gasteiger partial charge in [0.05, 0.1) is 0 Å². The summed E-state index contributed by atoms with van der Waals surface area (Å²) in [6.07, 6.45) is 5.33. The van der Waals surface area contributed by atoms with Crippen molar-refractivity contribution in [2.75, 3.05) is 12.3 Å². The van der Waals surface area contributed by atoms with Crippen molar-refractivity contribution in [3.63, 3.8) is 0 Å². The molecule has 1 atom stereocenters. The molecule has 1 aliphatic rings. The quantitative estimate of drug-likeness (QED) is 0.824. The Hall–Kier alpha value is -0.130. The number of hydrogen-bond acceptors (Lipinski definition) is 5. The third kappa shape index (κ3) is 3.74. The minimum atomic E-state index is 0.736. The summed E-state index contributed by atoms with van der Waals surface area (Å²) in [4.78, 5) is 0. The number of aryl methyl sites for hydroxylation is 1. The van der Waals surface area contributed by atoms with E-state index in [1.54, 1.807) is 11.3 Å². The third-order valence-corrected chi connectivity index (χ3v) is 4.62. The van der Waals surface area contributed by atoms with Gasteiger partial charge in [0.25, 0.3) is 0 Å². The van der Waals surface area contributed by atoms with Gasteiger partial charge in [0.15, 0.2) is 4.34 Å². The third-order valence-electron chi connectivity index (χ3n) is 2.61. The molecule has 84 valence electrons. The predicted molar refractivity (Wildman–Crippen MR) is 65.6 cm³/mol. The van der Waals surface area contributed by atoms with E-state index in [1.165, 1.54) is 32.2 Å². The molecule has 2 rings (SSSR count). The molecule has 0 bridgehead atoms. The van der Waals surface area contributed by atoms with E-state index in [0.717, 1.165) is 21.1 Å². The first-order chi connectivity index (χ1) is 7.34. The van der Waals surface area contributed by atoms with Crippen LogP contribution in [0.15, 0.2) is 4.34 Å². The van der Waals surface area contributed by atoms with Crippen molar-refractivity contribution in [3.05, 3.63) is 5.01 Å². The molecule has 0 aromatic carbocycles. The van der Waals surface area contributed by atoms with Gasteiger partial charge in [-0.25, -0.2) is 0 Å². The maximum absolute atomic E-state index is 4.11. The molecule has 0 unspecified atom stereocenters. The van der Waals surface area contributed by atoms with E-state index < -0.39 is 0 Å². The molecule has 3 nitrogen and oxygen atoms in total. The summed E-state index contributed by atoms with van der Waals surface area (Å²) in [5.41, 5.74) is 0. The average molecular weight is 243 g/mol. The molecular weight excluding hydrogens is 226 g/mol. The minimum Gasteiger partial charge on any atom is -0.314 e. The fourth-order valence-corrected chi connectivity index (χ4v) is 3.73. The molecule has 0 aliphatic carbocycles. The Morgan fingerprint density at radius 1 is 1.47 bits per heavy atom. The van der Waals surface area contributed by atoms with Crippen molar-refractivity contribution in [3.8, 4) is 0 Å². The Morgan fingerprint density at radius 3 is 3.07 bits per heavy atom. The van der Waals surface area contributed by atoms with Gasteiger partial charge in [-0.2, -0.15) is 0 Å². The zero-order valence-electron chi connectivity index (χ0n) is 9.03. The lowest BCUT2D eigenvalue weighted by atomic mass is 10.0. The van der Waals surface area contributed by atoms with E-state index in [-0.39, 0.29) is 0 Å². The average Bonchev–Trinajstić information content (AvgIpc) is 2.66. The summed E-state index contributed by atoms with van der Waals surface area (Å²) in [5.74, 6) is 1.16. The van der Waals surface area contributed by atoms with Crippen LogP contribution in [0.2, 0.25) is 0 Å². The summed E-state index contributed by atoms with van der Waals surface area (Å²) in [6.45, 7) is 3.21. The van der Waals surface area contributed by atoms with Crippen LogP contribution in [0.3, 0.4) is 0 Å². The van der Waals surface area contributed by atoms with Gasteiger partial charge < -0.3 is 5.32 Å². The van der Waals surface area contributed by atoms with Gasteiger partial charge in [-0.3, -0.25) is 0 Å². The topological polar surface area (TPSA) is 37.8 Å². The van der Waals surface area contributed by atoms with Crippen molar-refractivity contribution in [2.45, 2.75) is 43.0 Å². The Balaban J connectivity index is 1.65. The molecule has 1 aromatic rings. The van der Waals surface area contributed by atoms with Gasteiger partial charge >= 0.3 is 0 Å². The Bertz CT molecular complexity index is 295. The van der Waals surface area contributed by atoms with Gasteiger partial charge in [-0.1, -0.05) is 29.5 Å². The van der Waals surface area contributed by atoms with Gasteiger partial charge in [-0.05, 0) is 32.7 Å². The van der Waals surface area contributed by atoms with Crippen LogP contribution >= 0.6 is 23.1 Å². The van der Waals surface area contributed by atoms with Crippen LogP contribution in [0.5, 0.6) is 0 Å². The van der Waals surface area contributed by atoms with Gasteiger partial charge in [-0.15, -0.1) is 10.2 Å². The minimum absolute atomic E-state index is 0.736. The van der Waals surface area contributed by atoms with E-state index in [1.807, 2.05) is 18.7 Å². The molecule has 0 spiro atoms. The van der Waals surface area contributed by atoms with E-state index >= 15 is 0 Å². The highest BCUT2D eigenvalue weighted by molar-refractivity contribution is 8.01. The van der Waals surface area contributed by atoms with Gasteiger partial charge in [0, 0.05) is 11.8 Å². The SMILES string of the molecule is Cc1nnc(SCC[C@H]2CCCCN2)s1. The lowest BCUT2D eigenvalue weighted by molar-refractivity contribution is 0.395. The standard InChI is InChI=1S/C10H17N3S2/c1-8-12-13-10(15-8)14-7-5-9-4-2-3-6-11-9/h9,11H,2-7H2,1H3/t9-/m1/s1. The van der Waals surface area contributed by atoms with E-state index in [0.29, 0.717) is 0 Å². The molecule has 1 fully saturated rings. The number of nitrogens with one attached hydrogen (secondary N) is 1. The fraction of sp³-hybridized carbons (Fsp3) is 0.800. The van der Waals surface area contributed by atoms with Crippen molar-refractivity contribution < 1.29 is 0 Å². The maximum Gasteiger partial charge on any atom is 0.174 e. The summed E-state index contributed by atoms with van der Waals surface area (Å²) >= 11 is 3.53. The monoisotopic (exact) mass is 243 g/mol. The molecule has 1 saturated heterocycles. The predicted octanol–water partition coefficient (Wildman–Crippen LogP) is 2.47. The molecule has 1 N–H and O–H groups in total. The smallest absolute Gasteiger partial charge is 0.174 e. The molecule has 0 amide bonds. The van der Waals surface area contributed by atoms with Crippen molar-refractivity contribution in [2.24, 2.45) is 0 Å². The second-order valence-corrected chi connectivity index (χ2v) is 6.39. The number of piperidine rings is 1. The molecule has 1 aliphatic heterocycles. The van der Waals surface area contributed by atoms with Crippen LogP contribution in [0.4, 0.5) is 0 Å². The molecular formula is C10H17N3S2. The lowest BCUT2D eigenvalue weighted by Gasteiger charge is -2.22. The zero-order valence-corrected chi connectivity index (χ0v) is 10.7. The lowest BCUT2D eigenvalue weighted by Crippen LogP contribution is -2.34. The van der Waals surface area contributed by atoms with E-state index in [9.17, 15) is 0 Å². The van der Waals surface area contributed by atoms with Gasteiger partial charge in [0.2, 0.25) is 0 Å². The Kier molecular flexibility index (Phi) is 4.41. The molecule has 0 radical (unpaired) electrons. The largest absolute Gasteiger partial charge is 0.314 e. The fourth-order valence-electron chi connectivity index (χ4n) is 1.80. The maximum atomic E-state index is 4.11. The molecule has 1 aromatic heterocycles. The van der Waals surface area contributed by atoms with Crippen molar-refractivity contribution in [1.29, 1.82) is 0 Å². The first-order valence-corrected chi connectivity index (χ1v) is 7.31. The molecule has 2 heterocycles. The van der Waals surface area contributed by atoms with Crippen LogP contribution in [0.25, 0.3) is 0 Å². The molecule has 15 heavy (non-hydrogen) atoms. The number of hydrogen-bond donors (Lipinski definition) is 1. The van der Waals surface area contributed by atoms with Crippen molar-refractivity contribution in [1.82, 2.24) is 15.5 Å². The second-order valence-electron chi connectivity index (χ2n) is 3.87. The first kappa shape index (κ1) is 11.4. The van der Waals surface area contributed by atoms with Crippen LogP contribution in [-0.2, 0) is 0 Å². The second kappa shape index (κ2) is 5.82. The highest BCUT2D eigenvalue weighted by atomic mass is 32.2. The first-order valence-electron chi connectivity index (χ1n) is 5.51. The van der Waals surface area contributed by atoms with E-state index in [2.05, 4.69) is 15.5 Å². The summed E-state index contributed by atoms with van der Waals surface area (Å²) in [7, 11) is 0. The van der Waals surface area contributed by atoms with E-state index in [4.69, 9.17) is 0 Å². The zero-order chi connectivity index (χ0) is 10.5. The number of aromatic nitrogens is 2. The summed E-state index contributed by atoms with van der Waals surface area (Å²) < 4.78 is 1.11. The van der Waals surface area contributed by atoms with Crippen LogP contribution < -0.4 is 5.32 Å². The van der Waals surface area contributed by atoms with Crippen molar-refractivity contribution >= 4 is 23.1 Å². The normalized spacial score (nSPS) is 21.8. The highest BCUT2D eigenvalue weighted by Gasteiger charge is 2.12. The van der Waals surface area contributed by atoms with Crippen LogP contribution in [-0.4, -0.2) is 28.5 Å². The Labute approximate surface area is 99.1 Å². The highest BCUT2D eigenvalue weighted by Crippen LogP contribution is 2.23. The molecule has 5 heteroatoms. The molecule has 0 saturated carbocycles. The van der Waals surface area contributed by atoms with Crippen LogP contribution in [0.1, 0.15) is 30.7 Å². The Morgan fingerprint density at radius 2 is 2.40 bits per heavy atom. The summed E-state index contributed by atoms with van der Waals surface area (Å²) in [5, 5.41) is 12.8.